The van der Waals surface area contributed by atoms with Crippen molar-refractivity contribution in [2.75, 3.05) is 31.6 Å². The highest BCUT2D eigenvalue weighted by Gasteiger charge is 2.25. The Balaban J connectivity index is 1.29. The lowest BCUT2D eigenvalue weighted by molar-refractivity contribution is 0.0525. The van der Waals surface area contributed by atoms with Gasteiger partial charge in [0, 0.05) is 31.9 Å². The number of hydrogen-bond donors (Lipinski definition) is 0. The second-order valence-electron chi connectivity index (χ2n) is 8.07. The van der Waals surface area contributed by atoms with Crippen LogP contribution in [-0.4, -0.2) is 57.7 Å². The number of likely N-dealkylation sites (tertiary alicyclic amines) is 1. The molecule has 1 fully saturated rings. The molecule has 1 saturated heterocycles. The van der Waals surface area contributed by atoms with Crippen LogP contribution in [0.4, 0.5) is 10.3 Å². The lowest BCUT2D eigenvalue weighted by Gasteiger charge is -2.30. The summed E-state index contributed by atoms with van der Waals surface area (Å²) in [5.41, 5.74) is 1.29. The lowest BCUT2D eigenvalue weighted by Crippen LogP contribution is -2.32. The Morgan fingerprint density at radius 1 is 1.27 bits per heavy atom. The maximum absolute atomic E-state index is 13.4. The third kappa shape index (κ3) is 5.89. The normalized spacial score (nSPS) is 14.9. The van der Waals surface area contributed by atoms with Crippen molar-refractivity contribution < 1.29 is 18.4 Å². The van der Waals surface area contributed by atoms with E-state index in [4.69, 9.17) is 9.26 Å². The van der Waals surface area contributed by atoms with Crippen LogP contribution >= 0.6 is 0 Å². The highest BCUT2D eigenvalue weighted by Crippen LogP contribution is 2.27. The second kappa shape index (κ2) is 10.5. The van der Waals surface area contributed by atoms with Gasteiger partial charge in [0.05, 0.1) is 18.7 Å². The summed E-state index contributed by atoms with van der Waals surface area (Å²) in [6.45, 7) is 4.92. The molecule has 1 aromatic carbocycles. The smallest absolute Gasteiger partial charge is 0.341 e. The summed E-state index contributed by atoms with van der Waals surface area (Å²) in [5.74, 6) is 1.21. The van der Waals surface area contributed by atoms with Gasteiger partial charge in [0.25, 0.3) is 0 Å². The van der Waals surface area contributed by atoms with Crippen LogP contribution in [-0.2, 0) is 17.8 Å². The summed E-state index contributed by atoms with van der Waals surface area (Å²) in [6.07, 6.45) is 4.71. The maximum Gasteiger partial charge on any atom is 0.341 e. The van der Waals surface area contributed by atoms with Crippen molar-refractivity contribution in [1.82, 2.24) is 25.0 Å². The molecule has 9 nitrogen and oxygen atoms in total. The summed E-state index contributed by atoms with van der Waals surface area (Å²) in [7, 11) is 1.81. The number of hydrogen-bond acceptors (Lipinski definition) is 9. The molecule has 2 aromatic heterocycles. The minimum atomic E-state index is -0.449. The van der Waals surface area contributed by atoms with Crippen LogP contribution in [0, 0.1) is 5.82 Å². The molecule has 0 saturated carbocycles. The first-order valence-corrected chi connectivity index (χ1v) is 11.0. The number of halogens is 1. The molecule has 10 heteroatoms. The van der Waals surface area contributed by atoms with Gasteiger partial charge >= 0.3 is 5.97 Å². The first-order chi connectivity index (χ1) is 16.0. The fourth-order valence-corrected chi connectivity index (χ4v) is 3.85. The molecule has 0 atom stereocenters. The standard InChI is InChI=1S/C23H27FN6O3/c1-3-32-22(31)18-12-25-23(26-13-18)29(2)15-20-27-21(28-33-20)17-7-9-30(10-8-17)14-16-5-4-6-19(24)11-16/h4-6,11-13,17H,3,7-10,14-15H2,1-2H3. The van der Waals surface area contributed by atoms with Crippen molar-refractivity contribution in [2.45, 2.75) is 38.8 Å². The van der Waals surface area contributed by atoms with E-state index in [1.165, 1.54) is 18.5 Å². The number of benzene rings is 1. The number of rotatable bonds is 8. The number of anilines is 1. The van der Waals surface area contributed by atoms with E-state index in [9.17, 15) is 9.18 Å². The second-order valence-corrected chi connectivity index (χ2v) is 8.07. The molecule has 33 heavy (non-hydrogen) atoms. The first-order valence-electron chi connectivity index (χ1n) is 11.0. The van der Waals surface area contributed by atoms with Gasteiger partial charge in [0.1, 0.15) is 5.82 Å². The van der Waals surface area contributed by atoms with Crippen LogP contribution in [0.2, 0.25) is 0 Å². The van der Waals surface area contributed by atoms with Crippen molar-refractivity contribution in [3.05, 3.63) is 65.3 Å². The van der Waals surface area contributed by atoms with Crippen molar-refractivity contribution >= 4 is 11.9 Å². The largest absolute Gasteiger partial charge is 0.462 e. The predicted molar refractivity (Wildman–Crippen MR) is 118 cm³/mol. The van der Waals surface area contributed by atoms with E-state index < -0.39 is 5.97 Å². The van der Waals surface area contributed by atoms with E-state index in [1.807, 2.05) is 13.1 Å². The van der Waals surface area contributed by atoms with E-state index in [1.54, 1.807) is 24.0 Å². The Bertz CT molecular complexity index is 1070. The molecule has 1 aliphatic rings. The lowest BCUT2D eigenvalue weighted by atomic mass is 9.96. The number of esters is 1. The molecule has 0 unspecified atom stereocenters. The molecule has 3 aromatic rings. The summed E-state index contributed by atoms with van der Waals surface area (Å²) < 4.78 is 23.8. The topological polar surface area (TPSA) is 97.5 Å². The zero-order valence-electron chi connectivity index (χ0n) is 18.8. The Morgan fingerprint density at radius 2 is 2.03 bits per heavy atom. The molecule has 0 bridgehead atoms. The van der Waals surface area contributed by atoms with E-state index in [-0.39, 0.29) is 11.7 Å². The fourth-order valence-electron chi connectivity index (χ4n) is 3.85. The molecule has 0 amide bonds. The molecule has 4 rings (SSSR count). The predicted octanol–water partition coefficient (Wildman–Crippen LogP) is 3.19. The average Bonchev–Trinajstić information content (AvgIpc) is 3.28. The monoisotopic (exact) mass is 454 g/mol. The molecular formula is C23H27FN6O3. The molecular weight excluding hydrogens is 427 g/mol. The third-order valence-corrected chi connectivity index (χ3v) is 5.59. The molecule has 0 N–H and O–H groups in total. The summed E-state index contributed by atoms with van der Waals surface area (Å²) >= 11 is 0. The van der Waals surface area contributed by atoms with Crippen molar-refractivity contribution in [2.24, 2.45) is 0 Å². The van der Waals surface area contributed by atoms with Crippen LogP contribution in [0.5, 0.6) is 0 Å². The Labute approximate surface area is 191 Å². The maximum atomic E-state index is 13.4. The highest BCUT2D eigenvalue weighted by atomic mass is 19.1. The van der Waals surface area contributed by atoms with Gasteiger partial charge in [-0.3, -0.25) is 4.90 Å². The first kappa shape index (κ1) is 22.8. The quantitative estimate of drug-likeness (QED) is 0.475. The molecule has 0 radical (unpaired) electrons. The summed E-state index contributed by atoms with van der Waals surface area (Å²) in [5, 5.41) is 4.18. The molecule has 174 valence electrons. The molecule has 0 spiro atoms. The van der Waals surface area contributed by atoms with E-state index >= 15 is 0 Å². The van der Waals surface area contributed by atoms with Crippen LogP contribution in [0.1, 0.15) is 53.3 Å². The van der Waals surface area contributed by atoms with Gasteiger partial charge in [-0.2, -0.15) is 4.98 Å². The van der Waals surface area contributed by atoms with Crippen LogP contribution < -0.4 is 4.90 Å². The SMILES string of the molecule is CCOC(=O)c1cnc(N(C)Cc2nc(C3CCN(Cc4cccc(F)c4)CC3)no2)nc1. The molecule has 1 aliphatic heterocycles. The number of carbonyl (C=O) groups excluding carboxylic acids is 1. The molecule has 3 heterocycles. The van der Waals surface area contributed by atoms with Crippen molar-refractivity contribution in [3.63, 3.8) is 0 Å². The Hall–Kier alpha value is -3.40. The Morgan fingerprint density at radius 3 is 2.73 bits per heavy atom. The minimum Gasteiger partial charge on any atom is -0.462 e. The van der Waals surface area contributed by atoms with Crippen molar-refractivity contribution in [1.29, 1.82) is 0 Å². The zero-order chi connectivity index (χ0) is 23.2. The number of nitrogens with zero attached hydrogens (tertiary/aromatic N) is 6. The number of aromatic nitrogens is 4. The zero-order valence-corrected chi connectivity index (χ0v) is 18.8. The number of carbonyl (C=O) groups is 1. The van der Waals surface area contributed by atoms with Gasteiger partial charge in [0.15, 0.2) is 5.82 Å². The van der Waals surface area contributed by atoms with Crippen molar-refractivity contribution in [3.8, 4) is 0 Å². The fraction of sp³-hybridized carbons (Fsp3) is 0.435. The van der Waals surface area contributed by atoms with Gasteiger partial charge in [0.2, 0.25) is 11.8 Å². The third-order valence-electron chi connectivity index (χ3n) is 5.59. The van der Waals surface area contributed by atoms with Gasteiger partial charge in [-0.25, -0.2) is 19.2 Å². The number of piperidine rings is 1. The Kier molecular flexibility index (Phi) is 7.23. The summed E-state index contributed by atoms with van der Waals surface area (Å²) in [4.78, 5) is 28.8. The van der Waals surface area contributed by atoms with Gasteiger partial charge in [-0.1, -0.05) is 17.3 Å². The van der Waals surface area contributed by atoms with Gasteiger partial charge in [-0.15, -0.1) is 0 Å². The van der Waals surface area contributed by atoms with Crippen LogP contribution in [0.15, 0.2) is 41.2 Å². The van der Waals surface area contributed by atoms with E-state index in [0.717, 1.165) is 38.0 Å². The van der Waals surface area contributed by atoms with Gasteiger partial charge < -0.3 is 14.2 Å². The highest BCUT2D eigenvalue weighted by molar-refractivity contribution is 5.88. The molecule has 0 aliphatic carbocycles. The summed E-state index contributed by atoms with van der Waals surface area (Å²) in [6, 6.07) is 6.74. The number of ether oxygens (including phenoxy) is 1. The van der Waals surface area contributed by atoms with E-state index in [2.05, 4.69) is 25.0 Å². The van der Waals surface area contributed by atoms with Crippen LogP contribution in [0.25, 0.3) is 0 Å². The average molecular weight is 455 g/mol. The van der Waals surface area contributed by atoms with Gasteiger partial charge in [-0.05, 0) is 50.6 Å². The van der Waals surface area contributed by atoms with E-state index in [0.29, 0.717) is 36.4 Å². The van der Waals surface area contributed by atoms with Crippen LogP contribution in [0.3, 0.4) is 0 Å². The minimum absolute atomic E-state index is 0.202.